The van der Waals surface area contributed by atoms with E-state index < -0.39 is 11.0 Å². The van der Waals surface area contributed by atoms with Crippen LogP contribution in [-0.4, -0.2) is 9.91 Å². The van der Waals surface area contributed by atoms with E-state index in [1.807, 2.05) is 61.5 Å². The van der Waals surface area contributed by atoms with E-state index in [2.05, 4.69) is 4.98 Å². The summed E-state index contributed by atoms with van der Waals surface area (Å²) in [6.45, 7) is 1.99. The van der Waals surface area contributed by atoms with Crippen LogP contribution in [0.4, 0.5) is 5.82 Å². The van der Waals surface area contributed by atoms with Crippen LogP contribution in [-0.2, 0) is 0 Å². The first kappa shape index (κ1) is 15.7. The Kier molecular flexibility index (Phi) is 4.52. The van der Waals surface area contributed by atoms with Crippen LogP contribution in [0.5, 0.6) is 5.75 Å². The van der Waals surface area contributed by atoms with Gasteiger partial charge in [0.05, 0.1) is 0 Å². The summed E-state index contributed by atoms with van der Waals surface area (Å²) in [6, 6.07) is 20.7. The van der Waals surface area contributed by atoms with E-state index in [0.29, 0.717) is 0 Å². The molecule has 3 aromatic rings. The average molecular weight is 320 g/mol. The summed E-state index contributed by atoms with van der Waals surface area (Å²) in [5.41, 5.74) is 2.93. The van der Waals surface area contributed by atoms with E-state index in [9.17, 15) is 10.1 Å². The van der Waals surface area contributed by atoms with Gasteiger partial charge in [0.1, 0.15) is 12.3 Å². The van der Waals surface area contributed by atoms with Crippen molar-refractivity contribution < 1.29 is 9.66 Å². The average Bonchev–Trinajstić information content (AvgIpc) is 2.61. The molecule has 1 heterocycles. The van der Waals surface area contributed by atoms with Crippen molar-refractivity contribution in [3.8, 4) is 5.75 Å². The van der Waals surface area contributed by atoms with Gasteiger partial charge in [0, 0.05) is 0 Å². The van der Waals surface area contributed by atoms with Crippen molar-refractivity contribution in [2.45, 2.75) is 13.0 Å². The number of ether oxygens (including phenoxy) is 1. The minimum absolute atomic E-state index is 0.152. The van der Waals surface area contributed by atoms with Crippen LogP contribution in [0.15, 0.2) is 72.9 Å². The van der Waals surface area contributed by atoms with Gasteiger partial charge in [-0.15, -0.1) is 0 Å². The van der Waals surface area contributed by atoms with Gasteiger partial charge in [0.15, 0.2) is 0 Å². The molecule has 3 rings (SSSR count). The van der Waals surface area contributed by atoms with Crippen LogP contribution in [0.1, 0.15) is 22.8 Å². The Balaban J connectivity index is 2.07. The third-order valence-electron chi connectivity index (χ3n) is 3.74. The maximum Gasteiger partial charge on any atom is 0.406 e. The van der Waals surface area contributed by atoms with E-state index >= 15 is 0 Å². The Bertz CT molecular complexity index is 850. The highest BCUT2D eigenvalue weighted by Gasteiger charge is 2.23. The van der Waals surface area contributed by atoms with Crippen LogP contribution in [0, 0.1) is 17.0 Å². The fourth-order valence-corrected chi connectivity index (χ4v) is 2.56. The summed E-state index contributed by atoms with van der Waals surface area (Å²) in [4.78, 5) is 14.5. The zero-order valence-electron chi connectivity index (χ0n) is 13.1. The van der Waals surface area contributed by atoms with Crippen molar-refractivity contribution in [2.24, 2.45) is 0 Å². The Morgan fingerprint density at radius 3 is 2.42 bits per heavy atom. The van der Waals surface area contributed by atoms with Crippen molar-refractivity contribution in [1.82, 2.24) is 4.98 Å². The molecule has 0 aliphatic rings. The van der Waals surface area contributed by atoms with Gasteiger partial charge in [0.2, 0.25) is 5.75 Å². The van der Waals surface area contributed by atoms with Crippen molar-refractivity contribution in [2.75, 3.05) is 0 Å². The number of nitrogens with zero attached hydrogens (tertiary/aromatic N) is 2. The molecule has 0 saturated heterocycles. The maximum atomic E-state index is 11.2. The first-order chi connectivity index (χ1) is 11.7. The van der Waals surface area contributed by atoms with E-state index in [-0.39, 0.29) is 11.6 Å². The molecule has 0 aliphatic heterocycles. The lowest BCUT2D eigenvalue weighted by molar-refractivity contribution is -0.390. The van der Waals surface area contributed by atoms with Gasteiger partial charge in [-0.25, -0.2) is 0 Å². The molecular formula is C19H16N2O3. The molecule has 24 heavy (non-hydrogen) atoms. The third kappa shape index (κ3) is 3.25. The van der Waals surface area contributed by atoms with Crippen molar-refractivity contribution in [3.63, 3.8) is 0 Å². The van der Waals surface area contributed by atoms with Crippen molar-refractivity contribution >= 4 is 5.82 Å². The number of rotatable bonds is 5. The van der Waals surface area contributed by atoms with Crippen LogP contribution >= 0.6 is 0 Å². The Hall–Kier alpha value is -3.21. The first-order valence-electron chi connectivity index (χ1n) is 7.53. The normalized spacial score (nSPS) is 11.7. The first-order valence-corrected chi connectivity index (χ1v) is 7.53. The highest BCUT2D eigenvalue weighted by atomic mass is 16.6. The second kappa shape index (κ2) is 6.91. The van der Waals surface area contributed by atoms with E-state index in [4.69, 9.17) is 4.74 Å². The summed E-state index contributed by atoms with van der Waals surface area (Å²) < 4.78 is 6.06. The van der Waals surface area contributed by atoms with Gasteiger partial charge in [-0.3, -0.25) is 0 Å². The number of hydrogen-bond donors (Lipinski definition) is 0. The smallest absolute Gasteiger partial charge is 0.406 e. The Morgan fingerprint density at radius 2 is 1.71 bits per heavy atom. The molecule has 0 amide bonds. The number of benzene rings is 2. The van der Waals surface area contributed by atoms with Crippen LogP contribution < -0.4 is 4.74 Å². The quantitative estimate of drug-likeness (QED) is 0.514. The summed E-state index contributed by atoms with van der Waals surface area (Å²) in [5.74, 6) is -0.133. The molecule has 2 aromatic carbocycles. The molecule has 0 fully saturated rings. The highest BCUT2D eigenvalue weighted by Crippen LogP contribution is 2.33. The van der Waals surface area contributed by atoms with Gasteiger partial charge in [-0.2, -0.15) is 0 Å². The molecule has 0 N–H and O–H groups in total. The molecule has 5 nitrogen and oxygen atoms in total. The molecule has 0 unspecified atom stereocenters. The van der Waals surface area contributed by atoms with Crippen molar-refractivity contribution in [3.05, 3.63) is 99.7 Å². The molecule has 1 aromatic heterocycles. The topological polar surface area (TPSA) is 65.3 Å². The fourth-order valence-electron chi connectivity index (χ4n) is 2.56. The van der Waals surface area contributed by atoms with Gasteiger partial charge >= 0.3 is 5.82 Å². The summed E-state index contributed by atoms with van der Waals surface area (Å²) in [6.07, 6.45) is 0.936. The predicted molar refractivity (Wildman–Crippen MR) is 91.0 cm³/mol. The summed E-state index contributed by atoms with van der Waals surface area (Å²) >= 11 is 0. The lowest BCUT2D eigenvalue weighted by Gasteiger charge is -2.21. The number of nitro groups is 1. The summed E-state index contributed by atoms with van der Waals surface area (Å²) in [7, 11) is 0. The molecule has 0 aliphatic carbocycles. The maximum absolute atomic E-state index is 11.2. The number of hydrogen-bond acceptors (Lipinski definition) is 4. The fraction of sp³-hybridized carbons (Fsp3) is 0.105. The molecule has 0 bridgehead atoms. The minimum atomic E-state index is -0.533. The zero-order chi connectivity index (χ0) is 16.9. The predicted octanol–water partition coefficient (Wildman–Crippen LogP) is 4.47. The van der Waals surface area contributed by atoms with Crippen LogP contribution in [0.2, 0.25) is 0 Å². The molecule has 5 heteroatoms. The molecule has 0 radical (unpaired) electrons. The Labute approximate surface area is 139 Å². The van der Waals surface area contributed by atoms with E-state index in [0.717, 1.165) is 16.7 Å². The molecule has 120 valence electrons. The van der Waals surface area contributed by atoms with Gasteiger partial charge in [0.25, 0.3) is 0 Å². The number of aromatic nitrogens is 1. The molecule has 0 saturated carbocycles. The van der Waals surface area contributed by atoms with E-state index in [1.165, 1.54) is 6.20 Å². The Morgan fingerprint density at radius 1 is 1.00 bits per heavy atom. The number of pyridine rings is 1. The molecule has 1 atom stereocenters. The van der Waals surface area contributed by atoms with Crippen molar-refractivity contribution in [1.29, 1.82) is 0 Å². The van der Waals surface area contributed by atoms with E-state index in [1.54, 1.807) is 12.1 Å². The highest BCUT2D eigenvalue weighted by molar-refractivity contribution is 5.42. The standard InChI is InChI=1S/C19H16N2O3/c1-14-8-5-6-11-16(14)18(15-9-3-2-4-10-15)24-17-12-7-13-20-19(17)21(22)23/h2-13,18H,1H3/t18-/m0/s1. The lowest BCUT2D eigenvalue weighted by Crippen LogP contribution is -2.12. The second-order valence-electron chi connectivity index (χ2n) is 5.35. The van der Waals surface area contributed by atoms with Gasteiger partial charge < -0.3 is 14.9 Å². The molecule has 0 spiro atoms. The lowest BCUT2D eigenvalue weighted by atomic mass is 9.97. The molecular weight excluding hydrogens is 304 g/mol. The zero-order valence-corrected chi connectivity index (χ0v) is 13.1. The third-order valence-corrected chi connectivity index (χ3v) is 3.74. The minimum Gasteiger partial charge on any atom is -0.473 e. The largest absolute Gasteiger partial charge is 0.473 e. The van der Waals surface area contributed by atoms with Crippen LogP contribution in [0.25, 0.3) is 0 Å². The van der Waals surface area contributed by atoms with Gasteiger partial charge in [-0.05, 0) is 45.7 Å². The SMILES string of the molecule is Cc1ccccc1[C@@H](Oc1cccnc1[N+](=O)[O-])c1ccccc1. The van der Waals surface area contributed by atoms with Gasteiger partial charge in [-0.1, -0.05) is 54.6 Å². The monoisotopic (exact) mass is 320 g/mol. The second-order valence-corrected chi connectivity index (χ2v) is 5.35. The van der Waals surface area contributed by atoms with Crippen LogP contribution in [0.3, 0.4) is 0 Å². The number of aryl methyl sites for hydroxylation is 1. The summed E-state index contributed by atoms with van der Waals surface area (Å²) in [5, 5.41) is 11.2.